The van der Waals surface area contributed by atoms with Crippen LogP contribution in [-0.2, 0) is 10.9 Å². The number of alkyl halides is 3. The SMILES string of the molecule is CCC1COCC(C)N1c1ccc(C(F)(F)F)cc1NC(=O)NCC(c1ccncc1)N(C)C. The molecule has 1 aliphatic heterocycles. The molecular weight excluding hydrogens is 447 g/mol. The van der Waals surface area contributed by atoms with Crippen molar-refractivity contribution in [1.82, 2.24) is 15.2 Å². The van der Waals surface area contributed by atoms with Crippen molar-refractivity contribution in [2.24, 2.45) is 0 Å². The van der Waals surface area contributed by atoms with E-state index in [4.69, 9.17) is 4.74 Å². The summed E-state index contributed by atoms with van der Waals surface area (Å²) in [6.07, 6.45) is -0.417. The van der Waals surface area contributed by atoms with Gasteiger partial charge in [-0.1, -0.05) is 6.92 Å². The number of morpholine rings is 1. The van der Waals surface area contributed by atoms with Crippen LogP contribution in [0.1, 0.15) is 37.4 Å². The lowest BCUT2D eigenvalue weighted by Crippen LogP contribution is -2.51. The van der Waals surface area contributed by atoms with Gasteiger partial charge in [0.15, 0.2) is 0 Å². The van der Waals surface area contributed by atoms with Crippen LogP contribution in [0.3, 0.4) is 0 Å². The molecule has 0 saturated carbocycles. The number of nitrogens with one attached hydrogen (secondary N) is 2. The van der Waals surface area contributed by atoms with E-state index in [9.17, 15) is 18.0 Å². The van der Waals surface area contributed by atoms with E-state index in [0.29, 0.717) is 18.9 Å². The summed E-state index contributed by atoms with van der Waals surface area (Å²) in [7, 11) is 3.78. The number of anilines is 2. The Morgan fingerprint density at radius 3 is 2.56 bits per heavy atom. The predicted octanol–water partition coefficient (Wildman–Crippen LogP) is 4.53. The number of hydrogen-bond donors (Lipinski definition) is 2. The van der Waals surface area contributed by atoms with Crippen molar-refractivity contribution < 1.29 is 22.7 Å². The molecule has 3 unspecified atom stereocenters. The summed E-state index contributed by atoms with van der Waals surface area (Å²) in [6, 6.07) is 6.45. The largest absolute Gasteiger partial charge is 0.416 e. The van der Waals surface area contributed by atoms with E-state index in [0.717, 1.165) is 24.1 Å². The number of aromatic nitrogens is 1. The smallest absolute Gasteiger partial charge is 0.377 e. The van der Waals surface area contributed by atoms with E-state index in [1.807, 2.05) is 49.9 Å². The third-order valence-electron chi connectivity index (χ3n) is 6.03. The summed E-state index contributed by atoms with van der Waals surface area (Å²) in [5.74, 6) is 0. The quantitative estimate of drug-likeness (QED) is 0.611. The zero-order valence-electron chi connectivity index (χ0n) is 19.9. The average Bonchev–Trinajstić information content (AvgIpc) is 2.79. The van der Waals surface area contributed by atoms with Gasteiger partial charge in [0.05, 0.1) is 48.3 Å². The van der Waals surface area contributed by atoms with Gasteiger partial charge >= 0.3 is 12.2 Å². The van der Waals surface area contributed by atoms with Crippen LogP contribution in [0.25, 0.3) is 0 Å². The Hall–Kier alpha value is -2.85. The molecule has 1 saturated heterocycles. The maximum Gasteiger partial charge on any atom is 0.416 e. The number of likely N-dealkylation sites (N-methyl/N-ethyl adjacent to an activating group) is 1. The first-order valence-electron chi connectivity index (χ1n) is 11.3. The van der Waals surface area contributed by atoms with Gasteiger partial charge in [-0.05, 0) is 63.3 Å². The van der Waals surface area contributed by atoms with Gasteiger partial charge in [-0.2, -0.15) is 13.2 Å². The number of amides is 2. The summed E-state index contributed by atoms with van der Waals surface area (Å²) < 4.78 is 46.0. The molecule has 10 heteroatoms. The molecule has 2 heterocycles. The van der Waals surface area contributed by atoms with Crippen LogP contribution in [0.15, 0.2) is 42.7 Å². The van der Waals surface area contributed by atoms with Crippen LogP contribution in [0.5, 0.6) is 0 Å². The molecule has 1 aromatic carbocycles. The van der Waals surface area contributed by atoms with Crippen molar-refractivity contribution in [2.45, 2.75) is 44.6 Å². The minimum absolute atomic E-state index is 0.00564. The molecule has 186 valence electrons. The van der Waals surface area contributed by atoms with E-state index in [2.05, 4.69) is 15.6 Å². The van der Waals surface area contributed by atoms with Crippen molar-refractivity contribution in [1.29, 1.82) is 0 Å². The number of pyridine rings is 1. The molecule has 0 bridgehead atoms. The molecule has 1 aliphatic rings. The fourth-order valence-electron chi connectivity index (χ4n) is 4.22. The average molecular weight is 480 g/mol. The number of halogens is 3. The molecule has 0 radical (unpaired) electrons. The molecule has 7 nitrogen and oxygen atoms in total. The number of hydrogen-bond acceptors (Lipinski definition) is 5. The van der Waals surface area contributed by atoms with Crippen molar-refractivity contribution >= 4 is 17.4 Å². The highest BCUT2D eigenvalue weighted by Crippen LogP contribution is 2.38. The number of carbonyl (C=O) groups excluding carboxylic acids is 1. The van der Waals surface area contributed by atoms with E-state index < -0.39 is 17.8 Å². The number of carbonyl (C=O) groups is 1. The number of rotatable bonds is 7. The highest BCUT2D eigenvalue weighted by atomic mass is 19.4. The molecule has 3 atom stereocenters. The summed E-state index contributed by atoms with van der Waals surface area (Å²) in [5.41, 5.74) is 0.811. The van der Waals surface area contributed by atoms with Crippen LogP contribution in [0, 0.1) is 0 Å². The van der Waals surface area contributed by atoms with Crippen LogP contribution in [0.4, 0.5) is 29.3 Å². The highest BCUT2D eigenvalue weighted by molar-refractivity contribution is 5.93. The normalized spacial score (nSPS) is 19.7. The van der Waals surface area contributed by atoms with E-state index in [-0.39, 0.29) is 30.4 Å². The standard InChI is InChI=1S/C24H32F3N5O2/c1-5-19-15-34-14-16(2)32(19)21-7-6-18(24(25,26)27)12-20(21)30-23(33)29-13-22(31(3)4)17-8-10-28-11-9-17/h6-12,16,19,22H,5,13-15H2,1-4H3,(H2,29,30,33). The minimum Gasteiger partial charge on any atom is -0.377 e. The lowest BCUT2D eigenvalue weighted by molar-refractivity contribution is -0.137. The Balaban J connectivity index is 1.84. The second kappa shape index (κ2) is 11.1. The number of ether oxygens (including phenoxy) is 1. The molecule has 0 aliphatic carbocycles. The van der Waals surface area contributed by atoms with Crippen molar-refractivity contribution in [3.63, 3.8) is 0 Å². The first-order valence-corrected chi connectivity index (χ1v) is 11.3. The summed E-state index contributed by atoms with van der Waals surface area (Å²) in [6.45, 7) is 5.16. The molecular formula is C24H32F3N5O2. The van der Waals surface area contributed by atoms with Gasteiger partial charge in [0.2, 0.25) is 0 Å². The van der Waals surface area contributed by atoms with Crippen molar-refractivity contribution in [3.8, 4) is 0 Å². The first kappa shape index (κ1) is 25.8. The Kier molecular flexibility index (Phi) is 8.37. The second-order valence-corrected chi connectivity index (χ2v) is 8.68. The third kappa shape index (κ3) is 6.18. The summed E-state index contributed by atoms with van der Waals surface area (Å²) in [4.78, 5) is 20.8. The molecule has 2 aromatic rings. The molecule has 1 aromatic heterocycles. The Morgan fingerprint density at radius 1 is 1.24 bits per heavy atom. The van der Waals surface area contributed by atoms with Crippen LogP contribution in [0.2, 0.25) is 0 Å². The molecule has 2 amide bonds. The molecule has 34 heavy (non-hydrogen) atoms. The molecule has 2 N–H and O–H groups in total. The van der Waals surface area contributed by atoms with E-state index in [1.165, 1.54) is 6.07 Å². The van der Waals surface area contributed by atoms with Gasteiger partial charge < -0.3 is 25.2 Å². The minimum atomic E-state index is -4.52. The summed E-state index contributed by atoms with van der Waals surface area (Å²) >= 11 is 0. The lowest BCUT2D eigenvalue weighted by atomic mass is 10.0. The van der Waals surface area contributed by atoms with Crippen LogP contribution >= 0.6 is 0 Å². The monoisotopic (exact) mass is 479 g/mol. The van der Waals surface area contributed by atoms with E-state index in [1.54, 1.807) is 12.4 Å². The Bertz CT molecular complexity index is 955. The maximum absolute atomic E-state index is 13.5. The van der Waals surface area contributed by atoms with Gasteiger partial charge in [-0.15, -0.1) is 0 Å². The van der Waals surface area contributed by atoms with Crippen molar-refractivity contribution in [2.75, 3.05) is 44.1 Å². The Morgan fingerprint density at radius 2 is 1.94 bits per heavy atom. The molecule has 3 rings (SSSR count). The van der Waals surface area contributed by atoms with Crippen LogP contribution < -0.4 is 15.5 Å². The molecule has 1 fully saturated rings. The zero-order chi connectivity index (χ0) is 24.9. The van der Waals surface area contributed by atoms with Gasteiger partial charge in [-0.25, -0.2) is 4.79 Å². The number of benzene rings is 1. The van der Waals surface area contributed by atoms with Gasteiger partial charge in [0.25, 0.3) is 0 Å². The fourth-order valence-corrected chi connectivity index (χ4v) is 4.22. The molecule has 0 spiro atoms. The predicted molar refractivity (Wildman–Crippen MR) is 126 cm³/mol. The van der Waals surface area contributed by atoms with Crippen molar-refractivity contribution in [3.05, 3.63) is 53.9 Å². The van der Waals surface area contributed by atoms with Crippen LogP contribution in [-0.4, -0.2) is 61.9 Å². The number of urea groups is 1. The topological polar surface area (TPSA) is 69.7 Å². The zero-order valence-corrected chi connectivity index (χ0v) is 19.9. The maximum atomic E-state index is 13.5. The number of nitrogens with zero attached hydrogens (tertiary/aromatic N) is 3. The van der Waals surface area contributed by atoms with Gasteiger partial charge in [0, 0.05) is 18.9 Å². The fraction of sp³-hybridized carbons (Fsp3) is 0.500. The summed E-state index contributed by atoms with van der Waals surface area (Å²) in [5, 5.41) is 5.47. The first-order chi connectivity index (χ1) is 16.1. The lowest BCUT2D eigenvalue weighted by Gasteiger charge is -2.42. The third-order valence-corrected chi connectivity index (χ3v) is 6.03. The highest BCUT2D eigenvalue weighted by Gasteiger charge is 2.34. The second-order valence-electron chi connectivity index (χ2n) is 8.68. The Labute approximate surface area is 198 Å². The van der Waals surface area contributed by atoms with Gasteiger partial charge in [0.1, 0.15) is 0 Å². The van der Waals surface area contributed by atoms with E-state index >= 15 is 0 Å². The van der Waals surface area contributed by atoms with Gasteiger partial charge in [-0.3, -0.25) is 4.98 Å².